The first-order valence-corrected chi connectivity index (χ1v) is 9.73. The van der Waals surface area contributed by atoms with Crippen LogP contribution in [0.1, 0.15) is 22.3 Å². The van der Waals surface area contributed by atoms with Gasteiger partial charge in [-0.2, -0.15) is 0 Å². The molecule has 2 aromatic carbocycles. The first-order chi connectivity index (χ1) is 13.7. The molecule has 7 nitrogen and oxygen atoms in total. The van der Waals surface area contributed by atoms with E-state index in [1.807, 2.05) is 0 Å². The molecule has 0 saturated carbocycles. The predicted octanol–water partition coefficient (Wildman–Crippen LogP) is 2.95. The van der Waals surface area contributed by atoms with Gasteiger partial charge >= 0.3 is 0 Å². The molecule has 0 aromatic heterocycles. The van der Waals surface area contributed by atoms with Gasteiger partial charge in [0.1, 0.15) is 11.6 Å². The number of sulfonamides is 1. The van der Waals surface area contributed by atoms with Gasteiger partial charge in [0.15, 0.2) is 0 Å². The fourth-order valence-electron chi connectivity index (χ4n) is 2.38. The highest BCUT2D eigenvalue weighted by atomic mass is 32.2. The molecule has 0 aliphatic rings. The van der Waals surface area contributed by atoms with Crippen molar-refractivity contribution in [2.75, 3.05) is 32.7 Å². The van der Waals surface area contributed by atoms with Crippen LogP contribution in [0.25, 0.3) is 0 Å². The number of rotatable bonds is 9. The summed E-state index contributed by atoms with van der Waals surface area (Å²) in [4.78, 5) is 12.4. The molecule has 0 fully saturated rings. The number of methoxy groups -OCH3 is 2. The van der Waals surface area contributed by atoms with Crippen LogP contribution < -0.4 is 14.8 Å². The number of nitrogens with one attached hydrogen (secondary N) is 2. The van der Waals surface area contributed by atoms with E-state index >= 15 is 0 Å². The number of carbonyl (C=O) groups excluding carboxylic acids is 1. The lowest BCUT2D eigenvalue weighted by atomic mass is 10.1. The molecule has 1 amide bonds. The lowest BCUT2D eigenvalue weighted by Crippen LogP contribution is -2.27. The van der Waals surface area contributed by atoms with Gasteiger partial charge in [-0.15, -0.1) is 0 Å². The molecule has 11 heteroatoms. The fourth-order valence-corrected chi connectivity index (χ4v) is 3.42. The van der Waals surface area contributed by atoms with E-state index < -0.39 is 33.7 Å². The van der Waals surface area contributed by atoms with Gasteiger partial charge in [-0.05, 0) is 36.4 Å². The topological polar surface area (TPSA) is 93.7 Å². The largest absolute Gasteiger partial charge is 0.496 e. The minimum Gasteiger partial charge on any atom is -0.496 e. The minimum atomic E-state index is -3.92. The van der Waals surface area contributed by atoms with Gasteiger partial charge < -0.3 is 14.8 Å². The molecule has 2 rings (SSSR count). The summed E-state index contributed by atoms with van der Waals surface area (Å²) in [5.74, 6) is -1.86. The molecule has 0 heterocycles. The molecule has 0 bridgehead atoms. The average molecular weight is 432 g/mol. The molecular formula is C18H19F3N2O5S. The molecule has 158 valence electrons. The highest BCUT2D eigenvalue weighted by Crippen LogP contribution is 2.27. The van der Waals surface area contributed by atoms with Crippen LogP contribution in [0.15, 0.2) is 41.3 Å². The quantitative estimate of drug-likeness (QED) is 0.595. The van der Waals surface area contributed by atoms with Crippen molar-refractivity contribution in [2.24, 2.45) is 0 Å². The zero-order chi connectivity index (χ0) is 21.6. The molecule has 0 unspecified atom stereocenters. The Morgan fingerprint density at radius 2 is 1.86 bits per heavy atom. The minimum absolute atomic E-state index is 0.0262. The van der Waals surface area contributed by atoms with E-state index in [0.29, 0.717) is 0 Å². The molecule has 2 aromatic rings. The third kappa shape index (κ3) is 5.68. The Balaban J connectivity index is 2.33. The highest BCUT2D eigenvalue weighted by Gasteiger charge is 2.21. The molecule has 0 radical (unpaired) electrons. The summed E-state index contributed by atoms with van der Waals surface area (Å²) >= 11 is 0. The number of hydrogen-bond acceptors (Lipinski definition) is 5. The molecule has 2 N–H and O–H groups in total. The van der Waals surface area contributed by atoms with Crippen molar-refractivity contribution in [2.45, 2.75) is 11.3 Å². The number of alkyl halides is 2. The Kier molecular flexibility index (Phi) is 7.59. The summed E-state index contributed by atoms with van der Waals surface area (Å²) in [6, 6.07) is 6.33. The van der Waals surface area contributed by atoms with E-state index in [-0.39, 0.29) is 35.0 Å². The smallest absolute Gasteiger partial charge is 0.266 e. The molecule has 0 saturated heterocycles. The van der Waals surface area contributed by atoms with Crippen LogP contribution in [-0.4, -0.2) is 41.7 Å². The third-order valence-corrected chi connectivity index (χ3v) is 5.27. The molecule has 29 heavy (non-hydrogen) atoms. The Morgan fingerprint density at radius 1 is 1.14 bits per heavy atom. The van der Waals surface area contributed by atoms with Crippen LogP contribution in [0.3, 0.4) is 0 Å². The van der Waals surface area contributed by atoms with Crippen LogP contribution in [-0.2, 0) is 14.8 Å². The van der Waals surface area contributed by atoms with E-state index in [4.69, 9.17) is 9.47 Å². The summed E-state index contributed by atoms with van der Waals surface area (Å²) in [5, 5.41) is 2.33. The fraction of sp³-hybridized carbons (Fsp3) is 0.278. The highest BCUT2D eigenvalue weighted by molar-refractivity contribution is 7.89. The monoisotopic (exact) mass is 432 g/mol. The van der Waals surface area contributed by atoms with Crippen LogP contribution >= 0.6 is 0 Å². The number of benzene rings is 2. The van der Waals surface area contributed by atoms with Gasteiger partial charge in [-0.3, -0.25) is 4.79 Å². The maximum Gasteiger partial charge on any atom is 0.266 e. The van der Waals surface area contributed by atoms with E-state index in [0.717, 1.165) is 24.3 Å². The second-order valence-corrected chi connectivity index (χ2v) is 7.51. The van der Waals surface area contributed by atoms with Crippen LogP contribution in [0.2, 0.25) is 0 Å². The van der Waals surface area contributed by atoms with Gasteiger partial charge in [0, 0.05) is 19.3 Å². The van der Waals surface area contributed by atoms with Crippen molar-refractivity contribution >= 4 is 21.6 Å². The van der Waals surface area contributed by atoms with Crippen molar-refractivity contribution in [3.63, 3.8) is 0 Å². The molecule has 0 aliphatic carbocycles. The van der Waals surface area contributed by atoms with Crippen molar-refractivity contribution in [3.8, 4) is 5.75 Å². The van der Waals surface area contributed by atoms with Crippen molar-refractivity contribution in [3.05, 3.63) is 53.3 Å². The van der Waals surface area contributed by atoms with Gasteiger partial charge in [0.2, 0.25) is 10.0 Å². The van der Waals surface area contributed by atoms with Gasteiger partial charge in [-0.1, -0.05) is 0 Å². The number of hydrogen-bond donors (Lipinski definition) is 2. The average Bonchev–Trinajstić information content (AvgIpc) is 2.68. The van der Waals surface area contributed by atoms with E-state index in [1.54, 1.807) is 0 Å². The Bertz CT molecular complexity index is 983. The van der Waals surface area contributed by atoms with Crippen molar-refractivity contribution in [1.82, 2.24) is 4.72 Å². The second kappa shape index (κ2) is 9.72. The lowest BCUT2D eigenvalue weighted by molar-refractivity contribution is 0.102. The summed E-state index contributed by atoms with van der Waals surface area (Å²) in [6.07, 6.45) is -3.06. The summed E-state index contributed by atoms with van der Waals surface area (Å²) in [5.41, 5.74) is -1.10. The number of ether oxygens (including phenoxy) is 2. The summed E-state index contributed by atoms with van der Waals surface area (Å²) in [7, 11) is -1.23. The van der Waals surface area contributed by atoms with Gasteiger partial charge in [-0.25, -0.2) is 26.3 Å². The maximum atomic E-state index is 13.4. The molecular weight excluding hydrogens is 413 g/mol. The number of carbonyl (C=O) groups is 1. The first-order valence-electron chi connectivity index (χ1n) is 8.25. The Morgan fingerprint density at radius 3 is 2.48 bits per heavy atom. The zero-order valence-corrected chi connectivity index (χ0v) is 16.4. The SMILES string of the molecule is COCCNS(=O)(=O)c1ccc(OC)c(C(=O)Nc2ccc(F)c(C(F)F)c2)c1. The normalized spacial score (nSPS) is 11.5. The maximum absolute atomic E-state index is 13.4. The van der Waals surface area contributed by atoms with Crippen molar-refractivity contribution < 1.29 is 35.9 Å². The molecule has 0 aliphatic heterocycles. The van der Waals surface area contributed by atoms with Crippen LogP contribution in [0.4, 0.5) is 18.9 Å². The van der Waals surface area contributed by atoms with E-state index in [1.165, 1.54) is 26.4 Å². The van der Waals surface area contributed by atoms with Gasteiger partial charge in [0.25, 0.3) is 12.3 Å². The van der Waals surface area contributed by atoms with Crippen molar-refractivity contribution in [1.29, 1.82) is 0 Å². The second-order valence-electron chi connectivity index (χ2n) is 5.74. The molecule has 0 atom stereocenters. The first kappa shape index (κ1) is 22.7. The predicted molar refractivity (Wildman–Crippen MR) is 99.4 cm³/mol. The Hall–Kier alpha value is -2.63. The van der Waals surface area contributed by atoms with Crippen LogP contribution in [0, 0.1) is 5.82 Å². The van der Waals surface area contributed by atoms with Crippen LogP contribution in [0.5, 0.6) is 5.75 Å². The number of anilines is 1. The summed E-state index contributed by atoms with van der Waals surface area (Å²) in [6.45, 7) is 0.179. The summed E-state index contributed by atoms with van der Waals surface area (Å²) < 4.78 is 75.9. The van der Waals surface area contributed by atoms with E-state index in [9.17, 15) is 26.4 Å². The lowest BCUT2D eigenvalue weighted by Gasteiger charge is -2.13. The molecule has 0 spiro atoms. The number of amides is 1. The van der Waals surface area contributed by atoms with Gasteiger partial charge in [0.05, 0.1) is 29.7 Å². The zero-order valence-electron chi connectivity index (χ0n) is 15.5. The standard InChI is InChI=1S/C18H19F3N2O5S/c1-27-8-7-22-29(25,26)12-4-6-16(28-2)14(10-12)18(24)23-11-3-5-15(19)13(9-11)17(20)21/h3-6,9-10,17,22H,7-8H2,1-2H3,(H,23,24). The Labute approximate surface area is 165 Å². The number of halogens is 3. The van der Waals surface area contributed by atoms with E-state index in [2.05, 4.69) is 10.0 Å². The third-order valence-electron chi connectivity index (χ3n) is 3.81.